The van der Waals surface area contributed by atoms with E-state index in [0.717, 1.165) is 10.4 Å². The molecule has 2 N–H and O–H groups in total. The lowest BCUT2D eigenvalue weighted by Gasteiger charge is -2.16. The standard InChI is InChI=1S/C10H11F2N3O2S/c1-15(4-2-3-13)18(16,17)10-6-9(14)7(11)5-8(10)12/h5-6H,2,4,14H2,1H3. The van der Waals surface area contributed by atoms with Gasteiger partial charge in [-0.05, 0) is 6.07 Å². The smallest absolute Gasteiger partial charge is 0.245 e. The fraction of sp³-hybridized carbons (Fsp3) is 0.300. The zero-order valence-corrected chi connectivity index (χ0v) is 10.3. The zero-order chi connectivity index (χ0) is 13.9. The van der Waals surface area contributed by atoms with Crippen molar-refractivity contribution in [2.45, 2.75) is 11.3 Å². The number of rotatable bonds is 4. The summed E-state index contributed by atoms with van der Waals surface area (Å²) in [5.41, 5.74) is 4.75. The molecule has 0 radical (unpaired) electrons. The minimum Gasteiger partial charge on any atom is -0.396 e. The summed E-state index contributed by atoms with van der Waals surface area (Å²) in [6.07, 6.45) is -0.0337. The second kappa shape index (κ2) is 5.29. The van der Waals surface area contributed by atoms with Gasteiger partial charge in [-0.3, -0.25) is 0 Å². The molecule has 0 atom stereocenters. The van der Waals surface area contributed by atoms with Crippen molar-refractivity contribution in [3.8, 4) is 6.07 Å². The van der Waals surface area contributed by atoms with E-state index in [9.17, 15) is 17.2 Å². The van der Waals surface area contributed by atoms with Gasteiger partial charge in [0.25, 0.3) is 0 Å². The monoisotopic (exact) mass is 275 g/mol. The second-order valence-corrected chi connectivity index (χ2v) is 5.55. The molecule has 0 spiro atoms. The van der Waals surface area contributed by atoms with Crippen LogP contribution in [0.1, 0.15) is 6.42 Å². The van der Waals surface area contributed by atoms with Gasteiger partial charge in [0.2, 0.25) is 10.0 Å². The van der Waals surface area contributed by atoms with Crippen LogP contribution in [0, 0.1) is 23.0 Å². The molecule has 1 aromatic rings. The molecule has 0 saturated heterocycles. The lowest BCUT2D eigenvalue weighted by Crippen LogP contribution is -2.28. The number of hydrogen-bond acceptors (Lipinski definition) is 4. The highest BCUT2D eigenvalue weighted by Gasteiger charge is 2.25. The van der Waals surface area contributed by atoms with E-state index in [0.29, 0.717) is 6.07 Å². The Hall–Kier alpha value is -1.72. The Labute approximate surface area is 103 Å². The molecule has 0 aliphatic carbocycles. The minimum absolute atomic E-state index is 0.0337. The molecule has 0 amide bonds. The highest BCUT2D eigenvalue weighted by atomic mass is 32.2. The SMILES string of the molecule is CN(CCC#N)S(=O)(=O)c1cc(N)c(F)cc1F. The first-order valence-corrected chi connectivity index (χ1v) is 6.32. The maximum absolute atomic E-state index is 13.4. The summed E-state index contributed by atoms with van der Waals surface area (Å²) in [4.78, 5) is -0.707. The van der Waals surface area contributed by atoms with Crippen molar-refractivity contribution in [2.75, 3.05) is 19.3 Å². The van der Waals surface area contributed by atoms with Crippen molar-refractivity contribution in [3.05, 3.63) is 23.8 Å². The van der Waals surface area contributed by atoms with Crippen molar-refractivity contribution in [1.29, 1.82) is 5.26 Å². The van der Waals surface area contributed by atoms with Crippen molar-refractivity contribution in [3.63, 3.8) is 0 Å². The maximum Gasteiger partial charge on any atom is 0.245 e. The molecule has 1 rings (SSSR count). The fourth-order valence-electron chi connectivity index (χ4n) is 1.24. The molecular weight excluding hydrogens is 264 g/mol. The van der Waals surface area contributed by atoms with Crippen LogP contribution in [0.4, 0.5) is 14.5 Å². The largest absolute Gasteiger partial charge is 0.396 e. The van der Waals surface area contributed by atoms with Crippen LogP contribution in [-0.4, -0.2) is 26.3 Å². The van der Waals surface area contributed by atoms with Gasteiger partial charge in [-0.25, -0.2) is 17.2 Å². The summed E-state index contributed by atoms with van der Waals surface area (Å²) in [7, 11) is -2.92. The van der Waals surface area contributed by atoms with Crippen LogP contribution in [-0.2, 0) is 10.0 Å². The normalized spacial score (nSPS) is 11.5. The Morgan fingerprint density at radius 1 is 1.39 bits per heavy atom. The first-order valence-electron chi connectivity index (χ1n) is 4.88. The molecule has 5 nitrogen and oxygen atoms in total. The Balaban J connectivity index is 3.21. The molecule has 0 heterocycles. The number of anilines is 1. The molecule has 1 aromatic carbocycles. The fourth-order valence-corrected chi connectivity index (χ4v) is 2.49. The van der Waals surface area contributed by atoms with Crippen LogP contribution in [0.5, 0.6) is 0 Å². The first-order chi connectivity index (χ1) is 8.30. The van der Waals surface area contributed by atoms with Gasteiger partial charge >= 0.3 is 0 Å². The van der Waals surface area contributed by atoms with Gasteiger partial charge in [0.1, 0.15) is 16.5 Å². The van der Waals surface area contributed by atoms with E-state index in [1.54, 1.807) is 6.07 Å². The van der Waals surface area contributed by atoms with Crippen molar-refractivity contribution in [1.82, 2.24) is 4.31 Å². The molecule has 0 saturated carbocycles. The summed E-state index contributed by atoms with van der Waals surface area (Å²) >= 11 is 0. The Morgan fingerprint density at radius 3 is 2.56 bits per heavy atom. The quantitative estimate of drug-likeness (QED) is 0.833. The van der Waals surface area contributed by atoms with Gasteiger partial charge < -0.3 is 5.73 Å². The summed E-state index contributed by atoms with van der Waals surface area (Å²) in [5, 5.41) is 8.37. The number of nitrogens with zero attached hydrogens (tertiary/aromatic N) is 2. The van der Waals surface area contributed by atoms with Gasteiger partial charge in [0.05, 0.1) is 11.8 Å². The number of nitrogen functional groups attached to an aromatic ring is 1. The predicted molar refractivity (Wildman–Crippen MR) is 60.8 cm³/mol. The van der Waals surface area contributed by atoms with Crippen LogP contribution in [0.3, 0.4) is 0 Å². The van der Waals surface area contributed by atoms with Gasteiger partial charge in [0.15, 0.2) is 0 Å². The lowest BCUT2D eigenvalue weighted by atomic mass is 10.3. The van der Waals surface area contributed by atoms with E-state index in [1.807, 2.05) is 0 Å². The van der Waals surface area contributed by atoms with Gasteiger partial charge in [-0.2, -0.15) is 9.57 Å². The van der Waals surface area contributed by atoms with E-state index in [2.05, 4.69) is 0 Å². The predicted octanol–water partition coefficient (Wildman–Crippen LogP) is 1.08. The number of sulfonamides is 1. The molecule has 0 aliphatic rings. The van der Waals surface area contributed by atoms with Gasteiger partial charge in [-0.1, -0.05) is 0 Å². The lowest BCUT2D eigenvalue weighted by molar-refractivity contribution is 0.468. The zero-order valence-electron chi connectivity index (χ0n) is 9.52. The molecule has 0 aromatic heterocycles. The Kier molecular flexibility index (Phi) is 4.21. The van der Waals surface area contributed by atoms with Crippen molar-refractivity contribution >= 4 is 15.7 Å². The van der Waals surface area contributed by atoms with E-state index in [-0.39, 0.29) is 13.0 Å². The topological polar surface area (TPSA) is 87.2 Å². The molecule has 0 aliphatic heterocycles. The Morgan fingerprint density at radius 2 is 2.00 bits per heavy atom. The third-order valence-corrected chi connectivity index (χ3v) is 4.15. The van der Waals surface area contributed by atoms with Crippen LogP contribution in [0.15, 0.2) is 17.0 Å². The Bertz CT molecular complexity index is 596. The van der Waals surface area contributed by atoms with Gasteiger partial charge in [0, 0.05) is 26.1 Å². The van der Waals surface area contributed by atoms with Crippen molar-refractivity contribution in [2.24, 2.45) is 0 Å². The van der Waals surface area contributed by atoms with Crippen LogP contribution in [0.2, 0.25) is 0 Å². The van der Waals surface area contributed by atoms with E-state index in [4.69, 9.17) is 11.0 Å². The second-order valence-electron chi connectivity index (χ2n) is 3.54. The molecule has 18 heavy (non-hydrogen) atoms. The van der Waals surface area contributed by atoms with E-state index in [1.165, 1.54) is 7.05 Å². The van der Waals surface area contributed by atoms with Crippen LogP contribution in [0.25, 0.3) is 0 Å². The third-order valence-electron chi connectivity index (χ3n) is 2.28. The van der Waals surface area contributed by atoms with Gasteiger partial charge in [-0.15, -0.1) is 0 Å². The first kappa shape index (κ1) is 14.3. The van der Waals surface area contributed by atoms with Crippen LogP contribution >= 0.6 is 0 Å². The molecular formula is C10H11F2N3O2S. The van der Waals surface area contributed by atoms with E-state index < -0.39 is 32.2 Å². The number of nitriles is 1. The highest BCUT2D eigenvalue weighted by Crippen LogP contribution is 2.23. The molecule has 0 fully saturated rings. The summed E-state index contributed by atoms with van der Waals surface area (Å²) in [6.45, 7) is -0.0877. The average molecular weight is 275 g/mol. The summed E-state index contributed by atoms with van der Waals surface area (Å²) in [5.74, 6) is -2.24. The van der Waals surface area contributed by atoms with Crippen LogP contribution < -0.4 is 5.73 Å². The maximum atomic E-state index is 13.4. The number of benzene rings is 1. The summed E-state index contributed by atoms with van der Waals surface area (Å²) < 4.78 is 51.0. The molecule has 98 valence electrons. The summed E-state index contributed by atoms with van der Waals surface area (Å²) in [6, 6.07) is 2.91. The number of halogens is 2. The molecule has 8 heteroatoms. The molecule has 0 bridgehead atoms. The van der Waals surface area contributed by atoms with Crippen molar-refractivity contribution < 1.29 is 17.2 Å². The average Bonchev–Trinajstić information content (AvgIpc) is 2.30. The highest BCUT2D eigenvalue weighted by molar-refractivity contribution is 7.89. The third kappa shape index (κ3) is 2.75. The number of nitrogens with two attached hydrogens (primary N) is 1. The minimum atomic E-state index is -4.12. The number of hydrogen-bond donors (Lipinski definition) is 1. The molecule has 0 unspecified atom stereocenters. The van der Waals surface area contributed by atoms with E-state index >= 15 is 0 Å².